The summed E-state index contributed by atoms with van der Waals surface area (Å²) in [5.74, 6) is 0.0637. The van der Waals surface area contributed by atoms with Crippen molar-refractivity contribution in [3.63, 3.8) is 0 Å². The number of imide groups is 1. The Hall–Kier alpha value is -2.93. The second-order valence-corrected chi connectivity index (χ2v) is 8.85. The van der Waals surface area contributed by atoms with Crippen LogP contribution in [-0.2, 0) is 4.79 Å². The largest absolute Gasteiger partial charge is 0.490 e. The molecule has 172 valence electrons. The molecule has 11 heteroatoms. The van der Waals surface area contributed by atoms with Gasteiger partial charge >= 0.3 is 0 Å². The number of amides is 2. The van der Waals surface area contributed by atoms with Crippen molar-refractivity contribution in [3.8, 4) is 11.5 Å². The molecule has 0 N–H and O–H groups in total. The van der Waals surface area contributed by atoms with Gasteiger partial charge < -0.3 is 9.47 Å². The lowest BCUT2D eigenvalue weighted by Gasteiger charge is -2.14. The molecule has 2 amide bonds. The first-order valence-corrected chi connectivity index (χ1v) is 11.8. The molecule has 1 saturated heterocycles. The molecule has 0 aliphatic carbocycles. The summed E-state index contributed by atoms with van der Waals surface area (Å²) in [6.07, 6.45) is 1.57. The molecule has 3 rings (SSSR count). The lowest BCUT2D eigenvalue weighted by Crippen LogP contribution is -2.33. The maximum Gasteiger partial charge on any atom is 0.293 e. The minimum absolute atomic E-state index is 0.156. The third-order valence-electron chi connectivity index (χ3n) is 4.49. The zero-order chi connectivity index (χ0) is 24.1. The van der Waals surface area contributed by atoms with Gasteiger partial charge in [-0.1, -0.05) is 0 Å². The number of thioether (sulfide) groups is 1. The number of nitro benzene ring substituents is 1. The van der Waals surface area contributed by atoms with Crippen molar-refractivity contribution in [1.29, 1.82) is 0 Å². The SMILES string of the molecule is CCOc1cc(/C=C2/SC(=O)N(CC(=O)c3ccc([N+](=O)[O-])cc3)C2=O)cc(I)c1OCC. The van der Waals surface area contributed by atoms with E-state index in [1.807, 2.05) is 19.9 Å². The molecule has 0 saturated carbocycles. The van der Waals surface area contributed by atoms with Gasteiger partial charge in [0.1, 0.15) is 0 Å². The van der Waals surface area contributed by atoms with Crippen LogP contribution >= 0.6 is 34.4 Å². The molecule has 0 unspecified atom stereocenters. The molecule has 2 aromatic carbocycles. The quantitative estimate of drug-likeness (QED) is 0.135. The number of halogens is 1. The molecule has 0 atom stereocenters. The Kier molecular flexibility index (Phi) is 8.08. The van der Waals surface area contributed by atoms with E-state index in [2.05, 4.69) is 22.6 Å². The van der Waals surface area contributed by atoms with Crippen molar-refractivity contribution in [3.05, 3.63) is 66.1 Å². The minimum Gasteiger partial charge on any atom is -0.490 e. The lowest BCUT2D eigenvalue weighted by atomic mass is 10.1. The number of nitrogens with zero attached hydrogens (tertiary/aromatic N) is 2. The predicted octanol–water partition coefficient (Wildman–Crippen LogP) is 4.92. The highest BCUT2D eigenvalue weighted by Gasteiger charge is 2.36. The van der Waals surface area contributed by atoms with Crippen LogP contribution in [0.4, 0.5) is 10.5 Å². The minimum atomic E-state index is -0.581. The fraction of sp³-hybridized carbons (Fsp3) is 0.227. The molecule has 9 nitrogen and oxygen atoms in total. The first-order valence-electron chi connectivity index (χ1n) is 9.87. The Morgan fingerprint density at radius 3 is 2.42 bits per heavy atom. The third-order valence-corrected chi connectivity index (χ3v) is 6.20. The monoisotopic (exact) mass is 582 g/mol. The van der Waals surface area contributed by atoms with Gasteiger partial charge in [0, 0.05) is 17.7 Å². The molecule has 0 bridgehead atoms. The van der Waals surface area contributed by atoms with Gasteiger partial charge in [0.05, 0.1) is 33.2 Å². The van der Waals surface area contributed by atoms with Gasteiger partial charge in [0.15, 0.2) is 17.3 Å². The molecule has 1 aliphatic rings. The van der Waals surface area contributed by atoms with E-state index in [0.717, 1.165) is 20.2 Å². The summed E-state index contributed by atoms with van der Waals surface area (Å²) in [6, 6.07) is 8.53. The lowest BCUT2D eigenvalue weighted by molar-refractivity contribution is -0.384. The van der Waals surface area contributed by atoms with Crippen molar-refractivity contribution in [2.24, 2.45) is 0 Å². The second-order valence-electron chi connectivity index (χ2n) is 6.69. The van der Waals surface area contributed by atoms with Gasteiger partial charge in [-0.05, 0) is 84.1 Å². The number of hydrogen-bond acceptors (Lipinski definition) is 8. The molecular weight excluding hydrogens is 563 g/mol. The van der Waals surface area contributed by atoms with Gasteiger partial charge in [-0.15, -0.1) is 0 Å². The molecule has 1 heterocycles. The molecular formula is C22H19IN2O7S. The third kappa shape index (κ3) is 5.71. The van der Waals surface area contributed by atoms with E-state index in [9.17, 15) is 24.5 Å². The van der Waals surface area contributed by atoms with Gasteiger partial charge in [0.25, 0.3) is 16.8 Å². The van der Waals surface area contributed by atoms with Crippen molar-refractivity contribution in [2.75, 3.05) is 19.8 Å². The zero-order valence-corrected chi connectivity index (χ0v) is 20.7. The highest BCUT2D eigenvalue weighted by Crippen LogP contribution is 2.37. The van der Waals surface area contributed by atoms with Crippen LogP contribution in [0.3, 0.4) is 0 Å². The standard InChI is InChI=1S/C22H19IN2O7S/c1-3-31-18-10-13(9-16(23)20(18)32-4-2)11-19-21(27)24(22(28)33-19)12-17(26)14-5-7-15(8-6-14)25(29)30/h5-11H,3-4,12H2,1-2H3/b19-11+. The van der Waals surface area contributed by atoms with Crippen molar-refractivity contribution >= 4 is 63.0 Å². The number of non-ortho nitro benzene ring substituents is 1. The van der Waals surface area contributed by atoms with Crippen LogP contribution in [0.1, 0.15) is 29.8 Å². The summed E-state index contributed by atoms with van der Waals surface area (Å²) in [5.41, 5.74) is 0.668. The number of ketones is 1. The van der Waals surface area contributed by atoms with E-state index in [1.54, 1.807) is 12.1 Å². The summed E-state index contributed by atoms with van der Waals surface area (Å²) >= 11 is 2.86. The Morgan fingerprint density at radius 2 is 1.82 bits per heavy atom. The highest BCUT2D eigenvalue weighted by molar-refractivity contribution is 14.1. The molecule has 0 radical (unpaired) electrons. The number of carbonyl (C=O) groups excluding carboxylic acids is 3. The Balaban J connectivity index is 1.80. The maximum atomic E-state index is 12.8. The summed E-state index contributed by atoms with van der Waals surface area (Å²) < 4.78 is 12.1. The first kappa shape index (κ1) is 24.7. The summed E-state index contributed by atoms with van der Waals surface area (Å²) in [6.45, 7) is 4.17. The van der Waals surface area contributed by atoms with E-state index in [1.165, 1.54) is 24.3 Å². The smallest absolute Gasteiger partial charge is 0.293 e. The average Bonchev–Trinajstić information content (AvgIpc) is 3.03. The molecule has 0 spiro atoms. The molecule has 2 aromatic rings. The number of rotatable bonds is 9. The zero-order valence-electron chi connectivity index (χ0n) is 17.7. The number of nitro groups is 1. The number of Topliss-reactive ketones (excluding diaryl/α,β-unsaturated/α-hetero) is 1. The van der Waals surface area contributed by atoms with Crippen molar-refractivity contribution in [1.82, 2.24) is 4.90 Å². The van der Waals surface area contributed by atoms with Crippen LogP contribution in [-0.4, -0.2) is 46.5 Å². The molecule has 0 aromatic heterocycles. The fourth-order valence-corrected chi connectivity index (χ4v) is 4.63. The Labute approximate surface area is 207 Å². The predicted molar refractivity (Wildman–Crippen MR) is 132 cm³/mol. The first-order chi connectivity index (χ1) is 15.7. The second kappa shape index (κ2) is 10.8. The van der Waals surface area contributed by atoms with Crippen molar-refractivity contribution < 1.29 is 28.8 Å². The number of ether oxygens (including phenoxy) is 2. The summed E-state index contributed by atoms with van der Waals surface area (Å²) in [7, 11) is 0. The van der Waals surface area contributed by atoms with E-state index in [-0.39, 0.29) is 16.2 Å². The van der Waals surface area contributed by atoms with Gasteiger partial charge in [-0.25, -0.2) is 0 Å². The highest BCUT2D eigenvalue weighted by atomic mass is 127. The van der Waals surface area contributed by atoms with Crippen LogP contribution in [0.2, 0.25) is 0 Å². The van der Waals surface area contributed by atoms with Crippen LogP contribution in [0.15, 0.2) is 41.3 Å². The fourth-order valence-electron chi connectivity index (χ4n) is 3.01. The van der Waals surface area contributed by atoms with E-state index >= 15 is 0 Å². The van der Waals surface area contributed by atoms with Gasteiger partial charge in [-0.3, -0.25) is 29.4 Å². The van der Waals surface area contributed by atoms with Crippen LogP contribution in [0, 0.1) is 13.7 Å². The van der Waals surface area contributed by atoms with E-state index in [0.29, 0.717) is 30.3 Å². The number of carbonyl (C=O) groups is 3. The molecule has 33 heavy (non-hydrogen) atoms. The average molecular weight is 582 g/mol. The summed E-state index contributed by atoms with van der Waals surface area (Å²) in [5, 5.41) is 10.2. The molecule has 1 aliphatic heterocycles. The van der Waals surface area contributed by atoms with E-state index < -0.39 is 28.4 Å². The number of benzene rings is 2. The topological polar surface area (TPSA) is 116 Å². The van der Waals surface area contributed by atoms with Gasteiger partial charge in [-0.2, -0.15) is 0 Å². The number of hydrogen-bond donors (Lipinski definition) is 0. The Bertz CT molecular complexity index is 1150. The maximum absolute atomic E-state index is 12.8. The van der Waals surface area contributed by atoms with Crippen molar-refractivity contribution in [2.45, 2.75) is 13.8 Å². The van der Waals surface area contributed by atoms with Gasteiger partial charge in [0.2, 0.25) is 0 Å². The normalized spacial score (nSPS) is 14.6. The molecule has 1 fully saturated rings. The Morgan fingerprint density at radius 1 is 1.15 bits per heavy atom. The van der Waals surface area contributed by atoms with Crippen LogP contribution < -0.4 is 9.47 Å². The van der Waals surface area contributed by atoms with Crippen LogP contribution in [0.5, 0.6) is 11.5 Å². The van der Waals surface area contributed by atoms with E-state index in [4.69, 9.17) is 9.47 Å². The van der Waals surface area contributed by atoms with Crippen LogP contribution in [0.25, 0.3) is 6.08 Å². The summed E-state index contributed by atoms with van der Waals surface area (Å²) in [4.78, 5) is 49.0.